The second kappa shape index (κ2) is 2.80. The molecule has 0 spiro atoms. The summed E-state index contributed by atoms with van der Waals surface area (Å²) in [5.74, 6) is 0.797. The number of benzene rings is 1. The van der Waals surface area contributed by atoms with Gasteiger partial charge in [0.25, 0.3) is 0 Å². The van der Waals surface area contributed by atoms with E-state index in [1.807, 2.05) is 23.2 Å². The van der Waals surface area contributed by atoms with Gasteiger partial charge in [0, 0.05) is 12.3 Å². The number of fused-ring (bicyclic) bond motifs is 2. The summed E-state index contributed by atoms with van der Waals surface area (Å²) < 4.78 is 0. The Morgan fingerprint density at radius 2 is 2.21 bits per heavy atom. The minimum atomic E-state index is 0.784. The van der Waals surface area contributed by atoms with Crippen LogP contribution in [0, 0.1) is 6.08 Å². The van der Waals surface area contributed by atoms with Crippen molar-refractivity contribution < 1.29 is 0 Å². The normalized spacial score (nSPS) is 17.4. The quantitative estimate of drug-likeness (QED) is 0.602. The highest BCUT2D eigenvalue weighted by Gasteiger charge is 2.17. The molecule has 0 aliphatic carbocycles. The number of rotatable bonds is 0. The minimum Gasteiger partial charge on any atom is -0.243 e. The Morgan fingerprint density at radius 1 is 1.29 bits per heavy atom. The Kier molecular flexibility index (Phi) is 1.50. The van der Waals surface area contributed by atoms with E-state index in [0.717, 1.165) is 18.1 Å². The molecular weight excluding hydrogens is 174 g/mol. The molecule has 3 nitrogen and oxygen atoms in total. The fourth-order valence-corrected chi connectivity index (χ4v) is 1.59. The lowest BCUT2D eigenvalue weighted by Gasteiger charge is -2.25. The minimum absolute atomic E-state index is 0.784. The van der Waals surface area contributed by atoms with Crippen molar-refractivity contribution in [1.82, 2.24) is 5.01 Å². The third kappa shape index (κ3) is 1.06. The third-order valence-electron chi connectivity index (χ3n) is 2.28. The molecule has 67 valence electrons. The molecule has 1 aromatic carbocycles. The van der Waals surface area contributed by atoms with Gasteiger partial charge in [0.2, 0.25) is 0 Å². The van der Waals surface area contributed by atoms with Gasteiger partial charge in [-0.25, -0.2) is 10.0 Å². The number of hydrogen-bond acceptors (Lipinski definition) is 3. The van der Waals surface area contributed by atoms with E-state index in [-0.39, 0.29) is 0 Å². The summed E-state index contributed by atoms with van der Waals surface area (Å²) in [6.07, 6.45) is 6.57. The Balaban J connectivity index is 2.13. The molecule has 0 atom stereocenters. The van der Waals surface area contributed by atoms with Crippen LogP contribution in [0.1, 0.15) is 5.56 Å². The maximum absolute atomic E-state index is 4.45. The summed E-state index contributed by atoms with van der Waals surface area (Å²) in [7, 11) is 0. The van der Waals surface area contributed by atoms with E-state index < -0.39 is 0 Å². The van der Waals surface area contributed by atoms with Crippen molar-refractivity contribution in [3.05, 3.63) is 42.0 Å². The highest BCUT2D eigenvalue weighted by molar-refractivity contribution is 5.97. The van der Waals surface area contributed by atoms with Crippen molar-refractivity contribution in [2.24, 2.45) is 10.1 Å². The zero-order chi connectivity index (χ0) is 9.38. The Hall–Kier alpha value is -1.90. The summed E-state index contributed by atoms with van der Waals surface area (Å²) in [5.41, 5.74) is 2.23. The Bertz CT molecular complexity index is 457. The van der Waals surface area contributed by atoms with Gasteiger partial charge in [0.1, 0.15) is 0 Å². The zero-order valence-corrected chi connectivity index (χ0v) is 7.51. The monoisotopic (exact) mass is 182 g/mol. The van der Waals surface area contributed by atoms with Crippen LogP contribution in [-0.4, -0.2) is 17.1 Å². The highest BCUT2D eigenvalue weighted by atomic mass is 15.5. The first-order valence-corrected chi connectivity index (χ1v) is 4.50. The molecule has 0 saturated carbocycles. The van der Waals surface area contributed by atoms with Gasteiger partial charge in [0.15, 0.2) is 5.84 Å². The van der Waals surface area contributed by atoms with Crippen molar-refractivity contribution in [3.63, 3.8) is 0 Å². The first-order chi connectivity index (χ1) is 6.93. The molecular formula is C11H8N3. The maximum atomic E-state index is 4.45. The molecule has 2 aliphatic heterocycles. The number of amidine groups is 1. The SMILES string of the molecule is [C]1=CC=NN2Cc3ccccc3N=C12. The first-order valence-electron chi connectivity index (χ1n) is 4.50. The van der Waals surface area contributed by atoms with Crippen LogP contribution >= 0.6 is 0 Å². The van der Waals surface area contributed by atoms with E-state index in [1.54, 1.807) is 12.3 Å². The van der Waals surface area contributed by atoms with Gasteiger partial charge < -0.3 is 0 Å². The molecule has 0 aromatic heterocycles. The number of para-hydroxylation sites is 1. The maximum Gasteiger partial charge on any atom is 0.157 e. The summed E-state index contributed by atoms with van der Waals surface area (Å²) >= 11 is 0. The largest absolute Gasteiger partial charge is 0.243 e. The third-order valence-corrected chi connectivity index (χ3v) is 2.28. The average Bonchev–Trinajstić information content (AvgIpc) is 2.26. The lowest BCUT2D eigenvalue weighted by molar-refractivity contribution is 0.434. The Labute approximate surface area is 82.1 Å². The van der Waals surface area contributed by atoms with E-state index in [2.05, 4.69) is 22.2 Å². The molecule has 1 aromatic rings. The van der Waals surface area contributed by atoms with Crippen LogP contribution in [0.5, 0.6) is 0 Å². The smallest absolute Gasteiger partial charge is 0.157 e. The van der Waals surface area contributed by atoms with Crippen LogP contribution in [0.3, 0.4) is 0 Å². The second-order valence-electron chi connectivity index (χ2n) is 3.20. The van der Waals surface area contributed by atoms with Gasteiger partial charge >= 0.3 is 0 Å². The summed E-state index contributed by atoms with van der Waals surface area (Å²) in [4.78, 5) is 4.45. The molecule has 1 radical (unpaired) electrons. The summed E-state index contributed by atoms with van der Waals surface area (Å²) in [6.45, 7) is 0.784. The van der Waals surface area contributed by atoms with Gasteiger partial charge in [-0.1, -0.05) is 18.2 Å². The van der Waals surface area contributed by atoms with Crippen molar-refractivity contribution in [3.8, 4) is 0 Å². The van der Waals surface area contributed by atoms with Crippen LogP contribution in [0.4, 0.5) is 5.69 Å². The molecule has 2 heterocycles. The van der Waals surface area contributed by atoms with Crippen LogP contribution in [-0.2, 0) is 6.54 Å². The van der Waals surface area contributed by atoms with Crippen LogP contribution < -0.4 is 0 Å². The second-order valence-corrected chi connectivity index (χ2v) is 3.20. The number of allylic oxidation sites excluding steroid dienone is 1. The van der Waals surface area contributed by atoms with Gasteiger partial charge in [-0.15, -0.1) is 0 Å². The van der Waals surface area contributed by atoms with Crippen molar-refractivity contribution in [1.29, 1.82) is 0 Å². The van der Waals surface area contributed by atoms with Gasteiger partial charge in [-0.2, -0.15) is 5.10 Å². The average molecular weight is 182 g/mol. The van der Waals surface area contributed by atoms with Crippen molar-refractivity contribution in [2.45, 2.75) is 6.54 Å². The number of nitrogens with zero attached hydrogens (tertiary/aromatic N) is 3. The van der Waals surface area contributed by atoms with Crippen LogP contribution in [0.25, 0.3) is 0 Å². The fourth-order valence-electron chi connectivity index (χ4n) is 1.59. The summed E-state index contributed by atoms with van der Waals surface area (Å²) in [6, 6.07) is 8.10. The molecule has 0 fully saturated rings. The van der Waals surface area contributed by atoms with Gasteiger partial charge in [0.05, 0.1) is 12.2 Å². The molecule has 3 rings (SSSR count). The molecule has 0 amide bonds. The standard InChI is InChI=1S/C11H8N3/c1-2-5-10-9(4-1)8-14-11(13-10)6-3-7-12-14/h1-5,7H,8H2. The molecule has 0 saturated heterocycles. The van der Waals surface area contributed by atoms with Gasteiger partial charge in [-0.05, 0) is 17.7 Å². The van der Waals surface area contributed by atoms with E-state index in [1.165, 1.54) is 5.56 Å². The van der Waals surface area contributed by atoms with Crippen molar-refractivity contribution in [2.75, 3.05) is 0 Å². The van der Waals surface area contributed by atoms with Crippen molar-refractivity contribution >= 4 is 17.7 Å². The number of aliphatic imine (C=N–C) groups is 1. The molecule has 0 N–H and O–H groups in total. The summed E-state index contributed by atoms with van der Waals surface area (Å²) in [5, 5.41) is 6.06. The highest BCUT2D eigenvalue weighted by Crippen LogP contribution is 2.26. The number of hydrogen-bond donors (Lipinski definition) is 0. The number of hydrazone groups is 1. The predicted molar refractivity (Wildman–Crippen MR) is 55.4 cm³/mol. The lowest BCUT2D eigenvalue weighted by Crippen LogP contribution is -2.28. The first kappa shape index (κ1) is 7.50. The van der Waals surface area contributed by atoms with Crippen LogP contribution in [0.15, 0.2) is 40.4 Å². The molecule has 2 aliphatic rings. The molecule has 0 bridgehead atoms. The zero-order valence-electron chi connectivity index (χ0n) is 7.51. The van der Waals surface area contributed by atoms with Crippen LogP contribution in [0.2, 0.25) is 0 Å². The lowest BCUT2D eigenvalue weighted by atomic mass is 10.1. The Morgan fingerprint density at radius 3 is 3.21 bits per heavy atom. The van der Waals surface area contributed by atoms with E-state index >= 15 is 0 Å². The molecule has 0 unspecified atom stereocenters. The topological polar surface area (TPSA) is 28.0 Å². The fraction of sp³-hybridized carbons (Fsp3) is 0.0909. The van der Waals surface area contributed by atoms with Gasteiger partial charge in [-0.3, -0.25) is 0 Å². The predicted octanol–water partition coefficient (Wildman–Crippen LogP) is 1.89. The van der Waals surface area contributed by atoms with E-state index in [9.17, 15) is 0 Å². The van der Waals surface area contributed by atoms with E-state index in [0.29, 0.717) is 0 Å². The van der Waals surface area contributed by atoms with E-state index in [4.69, 9.17) is 0 Å². The molecule has 3 heteroatoms. The molecule has 14 heavy (non-hydrogen) atoms.